The van der Waals surface area contributed by atoms with Crippen LogP contribution in [0.2, 0.25) is 0 Å². The van der Waals surface area contributed by atoms with Crippen LogP contribution in [0.1, 0.15) is 25.1 Å². The molecule has 2 rings (SSSR count). The van der Waals surface area contributed by atoms with Crippen molar-refractivity contribution < 1.29 is 9.26 Å². The molecule has 2 heterocycles. The van der Waals surface area contributed by atoms with Crippen molar-refractivity contribution >= 4 is 11.9 Å². The van der Waals surface area contributed by atoms with Crippen LogP contribution in [0.5, 0.6) is 6.01 Å². The van der Waals surface area contributed by atoms with Gasteiger partial charge in [0.05, 0.1) is 13.7 Å². The van der Waals surface area contributed by atoms with E-state index < -0.39 is 0 Å². The summed E-state index contributed by atoms with van der Waals surface area (Å²) in [4.78, 5) is 16.5. The van der Waals surface area contributed by atoms with Crippen LogP contribution in [0.25, 0.3) is 0 Å². The Morgan fingerprint density at radius 3 is 2.45 bits per heavy atom. The highest BCUT2D eigenvalue weighted by atomic mass is 16.5. The average molecular weight is 279 g/mol. The number of methoxy groups -OCH3 is 1. The highest BCUT2D eigenvalue weighted by Crippen LogP contribution is 2.11. The van der Waals surface area contributed by atoms with Crippen molar-refractivity contribution in [1.29, 1.82) is 0 Å². The second-order valence-electron chi connectivity index (χ2n) is 3.98. The molecule has 0 fully saturated rings. The molecule has 108 valence electrons. The summed E-state index contributed by atoms with van der Waals surface area (Å²) in [6.45, 7) is 4.92. The summed E-state index contributed by atoms with van der Waals surface area (Å²) < 4.78 is 9.92. The molecule has 0 radical (unpaired) electrons. The lowest BCUT2D eigenvalue weighted by Crippen LogP contribution is -2.11. The van der Waals surface area contributed by atoms with Gasteiger partial charge in [0.15, 0.2) is 5.82 Å². The second kappa shape index (κ2) is 6.64. The Labute approximate surface area is 116 Å². The van der Waals surface area contributed by atoms with Gasteiger partial charge in [-0.15, -0.1) is 0 Å². The van der Waals surface area contributed by atoms with E-state index in [9.17, 15) is 0 Å². The fourth-order valence-electron chi connectivity index (χ4n) is 1.41. The molecule has 9 heteroatoms. The van der Waals surface area contributed by atoms with E-state index in [4.69, 9.17) is 9.26 Å². The lowest BCUT2D eigenvalue weighted by molar-refractivity contribution is 0.379. The number of aryl methyl sites for hydroxylation is 1. The predicted molar refractivity (Wildman–Crippen MR) is 71.5 cm³/mol. The number of nitrogens with one attached hydrogen (secondary N) is 2. The van der Waals surface area contributed by atoms with Crippen molar-refractivity contribution in [2.24, 2.45) is 0 Å². The topological polar surface area (TPSA) is 111 Å². The minimum atomic E-state index is 0.241. The van der Waals surface area contributed by atoms with Crippen LogP contribution in [0.15, 0.2) is 4.52 Å². The molecule has 0 aromatic carbocycles. The van der Waals surface area contributed by atoms with Crippen molar-refractivity contribution in [1.82, 2.24) is 25.1 Å². The molecule has 0 unspecified atom stereocenters. The zero-order valence-electron chi connectivity index (χ0n) is 11.7. The lowest BCUT2D eigenvalue weighted by Gasteiger charge is -2.07. The zero-order chi connectivity index (χ0) is 14.4. The molecule has 0 aliphatic heterocycles. The van der Waals surface area contributed by atoms with Crippen molar-refractivity contribution in [2.75, 3.05) is 24.3 Å². The molecule has 20 heavy (non-hydrogen) atoms. The van der Waals surface area contributed by atoms with E-state index in [1.165, 1.54) is 7.11 Å². The Balaban J connectivity index is 2.05. The first-order valence-corrected chi connectivity index (χ1v) is 6.28. The van der Waals surface area contributed by atoms with Crippen LogP contribution >= 0.6 is 0 Å². The van der Waals surface area contributed by atoms with Gasteiger partial charge in [-0.2, -0.15) is 19.9 Å². The molecule has 0 spiro atoms. The zero-order valence-corrected chi connectivity index (χ0v) is 11.7. The number of anilines is 2. The molecule has 0 bridgehead atoms. The van der Waals surface area contributed by atoms with Crippen molar-refractivity contribution in [3.8, 4) is 6.01 Å². The van der Waals surface area contributed by atoms with E-state index in [0.29, 0.717) is 30.2 Å². The van der Waals surface area contributed by atoms with Crippen LogP contribution < -0.4 is 15.4 Å². The van der Waals surface area contributed by atoms with Crippen molar-refractivity contribution in [3.63, 3.8) is 0 Å². The Hall–Kier alpha value is -2.45. The maximum atomic E-state index is 5.04. The van der Waals surface area contributed by atoms with Gasteiger partial charge in [-0.3, -0.25) is 0 Å². The third-order valence-electron chi connectivity index (χ3n) is 2.30. The van der Waals surface area contributed by atoms with E-state index in [1.54, 1.807) is 6.92 Å². The second-order valence-corrected chi connectivity index (χ2v) is 3.98. The number of ether oxygens (including phenoxy) is 1. The van der Waals surface area contributed by atoms with Gasteiger partial charge in [-0.25, -0.2) is 0 Å². The van der Waals surface area contributed by atoms with Gasteiger partial charge in [-0.05, 0) is 6.42 Å². The van der Waals surface area contributed by atoms with E-state index >= 15 is 0 Å². The van der Waals surface area contributed by atoms with Gasteiger partial charge >= 0.3 is 6.01 Å². The number of nitrogens with zero attached hydrogens (tertiary/aromatic N) is 5. The van der Waals surface area contributed by atoms with Gasteiger partial charge in [0, 0.05) is 13.5 Å². The van der Waals surface area contributed by atoms with Gasteiger partial charge < -0.3 is 19.9 Å². The van der Waals surface area contributed by atoms with E-state index in [-0.39, 0.29) is 6.01 Å². The minimum absolute atomic E-state index is 0.241. The Morgan fingerprint density at radius 2 is 1.85 bits per heavy atom. The van der Waals surface area contributed by atoms with E-state index in [0.717, 1.165) is 13.0 Å². The molecule has 2 aromatic rings. The van der Waals surface area contributed by atoms with Gasteiger partial charge in [0.1, 0.15) is 0 Å². The molecule has 0 saturated heterocycles. The predicted octanol–water partition coefficient (Wildman–Crippen LogP) is 1.01. The van der Waals surface area contributed by atoms with Gasteiger partial charge in [-0.1, -0.05) is 12.1 Å². The summed E-state index contributed by atoms with van der Waals surface area (Å²) in [5.74, 6) is 1.90. The highest BCUT2D eigenvalue weighted by molar-refractivity contribution is 5.35. The standard InChI is InChI=1S/C11H17N7O2/c1-4-5-12-9-15-10(17-11(16-9)19-3)13-6-8-14-7(2)20-18-8/h4-6H2,1-3H3,(H2,12,13,15,16,17). The summed E-state index contributed by atoms with van der Waals surface area (Å²) in [6.07, 6.45) is 0.971. The quantitative estimate of drug-likeness (QED) is 0.766. The SMILES string of the molecule is CCCNc1nc(NCc2noc(C)n2)nc(OC)n1. The Morgan fingerprint density at radius 1 is 1.10 bits per heavy atom. The normalized spacial score (nSPS) is 10.3. The fourth-order valence-corrected chi connectivity index (χ4v) is 1.41. The molecular weight excluding hydrogens is 262 g/mol. The Kier molecular flexibility index (Phi) is 4.64. The number of rotatable bonds is 7. The summed E-state index contributed by atoms with van der Waals surface area (Å²) in [7, 11) is 1.51. The highest BCUT2D eigenvalue weighted by Gasteiger charge is 2.08. The molecule has 0 amide bonds. The number of hydrogen-bond acceptors (Lipinski definition) is 9. The smallest absolute Gasteiger partial charge is 0.322 e. The maximum Gasteiger partial charge on any atom is 0.322 e. The molecule has 2 N–H and O–H groups in total. The van der Waals surface area contributed by atoms with Crippen LogP contribution in [0.3, 0.4) is 0 Å². The first-order valence-electron chi connectivity index (χ1n) is 6.28. The molecule has 2 aromatic heterocycles. The third kappa shape index (κ3) is 3.77. The van der Waals surface area contributed by atoms with Crippen molar-refractivity contribution in [2.45, 2.75) is 26.8 Å². The van der Waals surface area contributed by atoms with Crippen LogP contribution in [-0.2, 0) is 6.54 Å². The van der Waals surface area contributed by atoms with Gasteiger partial charge in [0.25, 0.3) is 0 Å². The molecule has 9 nitrogen and oxygen atoms in total. The van der Waals surface area contributed by atoms with E-state index in [1.807, 2.05) is 0 Å². The molecule has 0 aliphatic carbocycles. The van der Waals surface area contributed by atoms with Crippen molar-refractivity contribution in [3.05, 3.63) is 11.7 Å². The first-order chi connectivity index (χ1) is 9.71. The first kappa shape index (κ1) is 14.0. The summed E-state index contributed by atoms with van der Waals surface area (Å²) in [6, 6.07) is 0.241. The fraction of sp³-hybridized carbons (Fsp3) is 0.545. The maximum absolute atomic E-state index is 5.04. The largest absolute Gasteiger partial charge is 0.467 e. The Bertz CT molecular complexity index is 557. The molecule has 0 saturated carbocycles. The van der Waals surface area contributed by atoms with Crippen LogP contribution in [0, 0.1) is 6.92 Å². The van der Waals surface area contributed by atoms with Crippen LogP contribution in [-0.4, -0.2) is 38.7 Å². The summed E-state index contributed by atoms with van der Waals surface area (Å²) in [5.41, 5.74) is 0. The summed E-state index contributed by atoms with van der Waals surface area (Å²) in [5, 5.41) is 9.86. The molecule has 0 aliphatic rings. The lowest BCUT2D eigenvalue weighted by atomic mass is 10.5. The molecule has 0 atom stereocenters. The van der Waals surface area contributed by atoms with Crippen LogP contribution in [0.4, 0.5) is 11.9 Å². The average Bonchev–Trinajstić information content (AvgIpc) is 2.88. The minimum Gasteiger partial charge on any atom is -0.467 e. The number of aromatic nitrogens is 5. The monoisotopic (exact) mass is 279 g/mol. The third-order valence-corrected chi connectivity index (χ3v) is 2.30. The van der Waals surface area contributed by atoms with E-state index in [2.05, 4.69) is 42.6 Å². The summed E-state index contributed by atoms with van der Waals surface area (Å²) >= 11 is 0. The van der Waals surface area contributed by atoms with Gasteiger partial charge in [0.2, 0.25) is 17.8 Å². The molecular formula is C11H17N7O2. The number of hydrogen-bond donors (Lipinski definition) is 2.